The average Bonchev–Trinajstić information content (AvgIpc) is 3.33. The van der Waals surface area contributed by atoms with Crippen molar-refractivity contribution in [1.29, 1.82) is 0 Å². The molecular formula is C24H22N2O4S. The van der Waals surface area contributed by atoms with E-state index >= 15 is 0 Å². The molecule has 2 heterocycles. The number of piperidine rings is 1. The molecule has 0 radical (unpaired) electrons. The molecule has 2 amide bonds. The van der Waals surface area contributed by atoms with Crippen LogP contribution in [0.4, 0.5) is 5.69 Å². The normalized spacial score (nSPS) is 14.7. The van der Waals surface area contributed by atoms with E-state index in [1.165, 1.54) is 11.3 Å². The first-order valence-electron chi connectivity index (χ1n) is 10.1. The molecule has 6 nitrogen and oxygen atoms in total. The van der Waals surface area contributed by atoms with Crippen molar-refractivity contribution < 1.29 is 19.1 Å². The Kier molecular flexibility index (Phi) is 6.43. The Morgan fingerprint density at radius 3 is 2.45 bits per heavy atom. The van der Waals surface area contributed by atoms with Gasteiger partial charge in [-0.3, -0.25) is 9.59 Å². The number of carbonyl (C=O) groups excluding carboxylic acids is 3. The Morgan fingerprint density at radius 2 is 1.77 bits per heavy atom. The van der Waals surface area contributed by atoms with Crippen molar-refractivity contribution in [3.05, 3.63) is 82.6 Å². The van der Waals surface area contributed by atoms with Gasteiger partial charge in [0.2, 0.25) is 5.91 Å². The van der Waals surface area contributed by atoms with Gasteiger partial charge in [-0.1, -0.05) is 30.3 Å². The molecule has 1 fully saturated rings. The Hall–Kier alpha value is -3.45. The summed E-state index contributed by atoms with van der Waals surface area (Å²) in [6.45, 7) is 0.529. The summed E-state index contributed by atoms with van der Waals surface area (Å²) in [7, 11) is 0. The van der Waals surface area contributed by atoms with Crippen molar-refractivity contribution in [3.8, 4) is 5.75 Å². The summed E-state index contributed by atoms with van der Waals surface area (Å²) in [5.41, 5.74) is 1.92. The number of esters is 1. The van der Waals surface area contributed by atoms with Gasteiger partial charge in [-0.25, -0.2) is 4.79 Å². The Labute approximate surface area is 184 Å². The number of hydrogen-bond acceptors (Lipinski definition) is 5. The van der Waals surface area contributed by atoms with Gasteiger partial charge in [0.05, 0.1) is 5.56 Å². The molecule has 158 valence electrons. The molecule has 3 aromatic rings. The van der Waals surface area contributed by atoms with Crippen molar-refractivity contribution in [3.63, 3.8) is 0 Å². The number of likely N-dealkylation sites (tertiary alicyclic amines) is 1. The second-order valence-electron chi connectivity index (χ2n) is 7.27. The lowest BCUT2D eigenvalue weighted by atomic mass is 10.0. The number of rotatable bonds is 6. The predicted octanol–water partition coefficient (Wildman–Crippen LogP) is 4.66. The molecule has 1 aliphatic rings. The molecule has 7 heteroatoms. The summed E-state index contributed by atoms with van der Waals surface area (Å²) in [6.07, 6.45) is 2.14. The highest BCUT2D eigenvalue weighted by atomic mass is 32.1. The fraction of sp³-hybridized carbons (Fsp3) is 0.208. The highest BCUT2D eigenvalue weighted by Crippen LogP contribution is 2.28. The number of anilines is 1. The SMILES string of the molecule is O=C(Nc1ccc(OC(=O)C(c2ccccc2)N2CCCCC2=O)cc1)c1ccsc1. The lowest BCUT2D eigenvalue weighted by molar-refractivity contribution is -0.150. The highest BCUT2D eigenvalue weighted by Gasteiger charge is 2.34. The first kappa shape index (κ1) is 20.8. The van der Waals surface area contributed by atoms with E-state index in [1.807, 2.05) is 35.7 Å². The number of ether oxygens (including phenoxy) is 1. The maximum absolute atomic E-state index is 13.1. The van der Waals surface area contributed by atoms with E-state index < -0.39 is 12.0 Å². The lowest BCUT2D eigenvalue weighted by Crippen LogP contribution is -2.43. The van der Waals surface area contributed by atoms with Gasteiger partial charge in [-0.2, -0.15) is 11.3 Å². The molecule has 2 aromatic carbocycles. The number of hydrogen-bond donors (Lipinski definition) is 1. The summed E-state index contributed by atoms with van der Waals surface area (Å²) in [6, 6.07) is 16.8. The quantitative estimate of drug-likeness (QED) is 0.452. The minimum absolute atomic E-state index is 0.0384. The van der Waals surface area contributed by atoms with Crippen molar-refractivity contribution in [2.45, 2.75) is 25.3 Å². The molecule has 1 saturated heterocycles. The van der Waals surface area contributed by atoms with Crippen LogP contribution in [0.1, 0.15) is 41.2 Å². The summed E-state index contributed by atoms with van der Waals surface area (Å²) in [4.78, 5) is 39.4. The fourth-order valence-electron chi connectivity index (χ4n) is 3.55. The Balaban J connectivity index is 1.48. The predicted molar refractivity (Wildman–Crippen MR) is 119 cm³/mol. The molecule has 1 N–H and O–H groups in total. The lowest BCUT2D eigenvalue weighted by Gasteiger charge is -2.33. The number of benzene rings is 2. The second kappa shape index (κ2) is 9.57. The van der Waals surface area contributed by atoms with Crippen molar-refractivity contribution in [2.75, 3.05) is 11.9 Å². The van der Waals surface area contributed by atoms with E-state index in [2.05, 4.69) is 5.32 Å². The molecule has 0 spiro atoms. The molecule has 4 rings (SSSR count). The maximum Gasteiger partial charge on any atom is 0.338 e. The van der Waals surface area contributed by atoms with Crippen LogP contribution >= 0.6 is 11.3 Å². The Bertz CT molecular complexity index is 1050. The summed E-state index contributed by atoms with van der Waals surface area (Å²) >= 11 is 1.45. The number of amides is 2. The van der Waals surface area contributed by atoms with E-state index in [0.717, 1.165) is 18.4 Å². The van der Waals surface area contributed by atoms with E-state index in [-0.39, 0.29) is 11.8 Å². The third-order valence-corrected chi connectivity index (χ3v) is 5.81. The summed E-state index contributed by atoms with van der Waals surface area (Å²) in [5, 5.41) is 6.42. The molecule has 31 heavy (non-hydrogen) atoms. The largest absolute Gasteiger partial charge is 0.425 e. The number of thiophene rings is 1. The highest BCUT2D eigenvalue weighted by molar-refractivity contribution is 7.08. The van der Waals surface area contributed by atoms with Crippen molar-refractivity contribution in [2.24, 2.45) is 0 Å². The van der Waals surface area contributed by atoms with Crippen LogP contribution in [0.5, 0.6) is 5.75 Å². The van der Waals surface area contributed by atoms with E-state index in [1.54, 1.807) is 40.6 Å². The van der Waals surface area contributed by atoms with Gasteiger partial charge in [0.25, 0.3) is 5.91 Å². The van der Waals surface area contributed by atoms with Gasteiger partial charge in [0.15, 0.2) is 6.04 Å². The summed E-state index contributed by atoms with van der Waals surface area (Å²) in [5.74, 6) is -0.386. The molecule has 0 saturated carbocycles. The molecule has 0 aliphatic carbocycles. The van der Waals surface area contributed by atoms with Crippen LogP contribution in [0.3, 0.4) is 0 Å². The van der Waals surface area contributed by atoms with Crippen LogP contribution in [-0.2, 0) is 9.59 Å². The molecule has 1 unspecified atom stereocenters. The van der Waals surface area contributed by atoms with Gasteiger partial charge >= 0.3 is 5.97 Å². The van der Waals surface area contributed by atoms with E-state index in [0.29, 0.717) is 30.0 Å². The zero-order valence-corrected chi connectivity index (χ0v) is 17.6. The molecular weight excluding hydrogens is 412 g/mol. The molecule has 1 atom stereocenters. The van der Waals surface area contributed by atoms with Crippen LogP contribution in [-0.4, -0.2) is 29.2 Å². The number of carbonyl (C=O) groups is 3. The number of nitrogens with zero attached hydrogens (tertiary/aromatic N) is 1. The average molecular weight is 435 g/mol. The third-order valence-electron chi connectivity index (χ3n) is 5.12. The second-order valence-corrected chi connectivity index (χ2v) is 8.05. The minimum atomic E-state index is -0.785. The van der Waals surface area contributed by atoms with Gasteiger partial charge in [-0.05, 0) is 54.1 Å². The zero-order valence-electron chi connectivity index (χ0n) is 16.8. The molecule has 1 aliphatic heterocycles. The standard InChI is InChI=1S/C24H22N2O4S/c27-21-8-4-5-14-26(21)22(17-6-2-1-3-7-17)24(29)30-20-11-9-19(10-12-20)25-23(28)18-13-15-31-16-18/h1-3,6-7,9-13,15-16,22H,4-5,8,14H2,(H,25,28). The van der Waals surface area contributed by atoms with Crippen LogP contribution in [0, 0.1) is 0 Å². The van der Waals surface area contributed by atoms with Crippen LogP contribution < -0.4 is 10.1 Å². The fourth-order valence-corrected chi connectivity index (χ4v) is 4.19. The first-order valence-corrected chi connectivity index (χ1v) is 11.1. The molecule has 1 aromatic heterocycles. The van der Waals surface area contributed by atoms with Crippen LogP contribution in [0.2, 0.25) is 0 Å². The summed E-state index contributed by atoms with van der Waals surface area (Å²) < 4.78 is 5.62. The smallest absolute Gasteiger partial charge is 0.338 e. The van der Waals surface area contributed by atoms with Crippen molar-refractivity contribution in [1.82, 2.24) is 4.90 Å². The minimum Gasteiger partial charge on any atom is -0.425 e. The Morgan fingerprint density at radius 1 is 1.00 bits per heavy atom. The van der Waals surface area contributed by atoms with Gasteiger partial charge < -0.3 is 15.0 Å². The van der Waals surface area contributed by atoms with E-state index in [4.69, 9.17) is 4.74 Å². The zero-order chi connectivity index (χ0) is 21.6. The third kappa shape index (κ3) is 5.00. The topological polar surface area (TPSA) is 75.7 Å². The van der Waals surface area contributed by atoms with Gasteiger partial charge in [0.1, 0.15) is 5.75 Å². The molecule has 0 bridgehead atoms. The van der Waals surface area contributed by atoms with Gasteiger partial charge in [-0.15, -0.1) is 0 Å². The maximum atomic E-state index is 13.1. The van der Waals surface area contributed by atoms with Gasteiger partial charge in [0, 0.05) is 24.0 Å². The van der Waals surface area contributed by atoms with Crippen molar-refractivity contribution >= 4 is 34.8 Å². The number of nitrogens with one attached hydrogen (secondary N) is 1. The van der Waals surface area contributed by atoms with Crippen LogP contribution in [0.25, 0.3) is 0 Å². The first-order chi connectivity index (χ1) is 15.1. The monoisotopic (exact) mass is 434 g/mol. The van der Waals surface area contributed by atoms with E-state index in [9.17, 15) is 14.4 Å². The van der Waals surface area contributed by atoms with Crippen LogP contribution in [0.15, 0.2) is 71.4 Å².